The van der Waals surface area contributed by atoms with Crippen molar-refractivity contribution in [1.82, 2.24) is 9.78 Å². The van der Waals surface area contributed by atoms with E-state index in [1.54, 1.807) is 29.9 Å². The number of halogens is 2. The van der Waals surface area contributed by atoms with Crippen LogP contribution in [0, 0.1) is 5.82 Å². The van der Waals surface area contributed by atoms with Crippen LogP contribution in [-0.4, -0.2) is 35.9 Å². The van der Waals surface area contributed by atoms with Crippen LogP contribution >= 0.6 is 11.6 Å². The first-order chi connectivity index (χ1) is 13.9. The Morgan fingerprint density at radius 2 is 2.03 bits per heavy atom. The molecule has 7 nitrogen and oxygen atoms in total. The van der Waals surface area contributed by atoms with E-state index in [4.69, 9.17) is 26.8 Å². The van der Waals surface area contributed by atoms with Crippen molar-refractivity contribution in [2.45, 2.75) is 0 Å². The summed E-state index contributed by atoms with van der Waals surface area (Å²) in [6, 6.07) is 9.10. The van der Waals surface area contributed by atoms with Crippen LogP contribution in [-0.2, 0) is 7.05 Å². The smallest absolute Gasteiger partial charge is 0.255 e. The lowest BCUT2D eigenvalue weighted by molar-refractivity contribution is 0.102. The zero-order valence-corrected chi connectivity index (χ0v) is 16.7. The lowest BCUT2D eigenvalue weighted by Gasteiger charge is -2.14. The van der Waals surface area contributed by atoms with Crippen molar-refractivity contribution in [1.29, 1.82) is 0 Å². The van der Waals surface area contributed by atoms with Gasteiger partial charge in [0.05, 0.1) is 24.0 Å². The molecule has 1 amide bonds. The highest BCUT2D eigenvalue weighted by atomic mass is 35.5. The van der Waals surface area contributed by atoms with E-state index in [2.05, 4.69) is 10.4 Å². The maximum absolute atomic E-state index is 13.9. The fourth-order valence-corrected chi connectivity index (χ4v) is 3.08. The van der Waals surface area contributed by atoms with Crippen molar-refractivity contribution >= 4 is 23.2 Å². The number of nitrogens with one attached hydrogen (secondary N) is 1. The third-order valence-corrected chi connectivity index (χ3v) is 4.45. The van der Waals surface area contributed by atoms with Crippen LogP contribution in [0.5, 0.6) is 11.5 Å². The van der Waals surface area contributed by atoms with Gasteiger partial charge in [-0.2, -0.15) is 5.10 Å². The maximum Gasteiger partial charge on any atom is 0.255 e. The molecule has 1 aromatic heterocycles. The van der Waals surface area contributed by atoms with E-state index in [0.717, 1.165) is 6.07 Å². The Balaban J connectivity index is 1.93. The van der Waals surface area contributed by atoms with Crippen LogP contribution in [0.2, 0.25) is 5.02 Å². The van der Waals surface area contributed by atoms with Gasteiger partial charge in [0, 0.05) is 30.4 Å². The highest BCUT2D eigenvalue weighted by Crippen LogP contribution is 2.36. The summed E-state index contributed by atoms with van der Waals surface area (Å²) < 4.78 is 26.1. The predicted molar refractivity (Wildman–Crippen MR) is 109 cm³/mol. The molecule has 0 radical (unpaired) electrons. The highest BCUT2D eigenvalue weighted by Gasteiger charge is 2.17. The number of methoxy groups -OCH3 is 1. The zero-order chi connectivity index (χ0) is 21.0. The number of rotatable bonds is 7. The number of nitrogens with two attached hydrogens (primary N) is 1. The third kappa shape index (κ3) is 4.49. The van der Waals surface area contributed by atoms with Crippen LogP contribution < -0.4 is 20.5 Å². The fraction of sp³-hybridized carbons (Fsp3) is 0.200. The van der Waals surface area contributed by atoms with Gasteiger partial charge in [0.25, 0.3) is 5.91 Å². The molecule has 9 heteroatoms. The van der Waals surface area contributed by atoms with Gasteiger partial charge in [-0.1, -0.05) is 11.6 Å². The number of aryl methyl sites for hydroxylation is 1. The first-order valence-electron chi connectivity index (χ1n) is 8.74. The number of carbonyl (C=O) groups excluding carboxylic acids is 1. The lowest BCUT2D eigenvalue weighted by atomic mass is 10.1. The Bertz CT molecular complexity index is 1020. The number of ether oxygens (including phenoxy) is 2. The summed E-state index contributed by atoms with van der Waals surface area (Å²) in [5.74, 6) is -0.470. The second-order valence-corrected chi connectivity index (χ2v) is 6.52. The largest absolute Gasteiger partial charge is 0.494 e. The minimum atomic E-state index is -0.618. The van der Waals surface area contributed by atoms with Crippen LogP contribution in [0.4, 0.5) is 10.1 Å². The van der Waals surface area contributed by atoms with Crippen molar-refractivity contribution in [2.24, 2.45) is 12.8 Å². The standard InChI is InChI=1S/C20H20ClFN4O3/c1-26-19(15(21)11-24-26)14-10-13(4-6-17(14)29-8-7-23)25-20(27)12-3-5-18(28-2)16(22)9-12/h3-6,9-11H,7-8,23H2,1-2H3,(H,25,27). The molecule has 0 spiro atoms. The van der Waals surface area contributed by atoms with Gasteiger partial charge in [0.15, 0.2) is 11.6 Å². The van der Waals surface area contributed by atoms with Crippen molar-refractivity contribution in [3.63, 3.8) is 0 Å². The van der Waals surface area contributed by atoms with E-state index in [1.807, 2.05) is 0 Å². The molecule has 0 aliphatic rings. The second-order valence-electron chi connectivity index (χ2n) is 6.12. The molecule has 0 unspecified atom stereocenters. The summed E-state index contributed by atoms with van der Waals surface area (Å²) >= 11 is 6.28. The molecule has 0 fully saturated rings. The van der Waals surface area contributed by atoms with Gasteiger partial charge >= 0.3 is 0 Å². The Kier molecular flexibility index (Phi) is 6.36. The Hall–Kier alpha value is -3.10. The summed E-state index contributed by atoms with van der Waals surface area (Å²) in [7, 11) is 3.11. The quantitative estimate of drug-likeness (QED) is 0.613. The van der Waals surface area contributed by atoms with Gasteiger partial charge in [0.2, 0.25) is 0 Å². The van der Waals surface area contributed by atoms with Gasteiger partial charge in [-0.05, 0) is 36.4 Å². The van der Waals surface area contributed by atoms with Crippen LogP contribution in [0.25, 0.3) is 11.3 Å². The maximum atomic E-state index is 13.9. The Morgan fingerprint density at radius 3 is 2.66 bits per heavy atom. The molecule has 3 aromatic rings. The summed E-state index contributed by atoms with van der Waals surface area (Å²) in [4.78, 5) is 12.5. The van der Waals surface area contributed by atoms with Crippen molar-refractivity contribution in [3.8, 4) is 22.8 Å². The Labute approximate surface area is 172 Å². The number of benzene rings is 2. The minimum absolute atomic E-state index is 0.0658. The van der Waals surface area contributed by atoms with Gasteiger partial charge < -0.3 is 20.5 Å². The summed E-state index contributed by atoms with van der Waals surface area (Å²) in [6.45, 7) is 0.666. The molecule has 0 atom stereocenters. The number of hydrogen-bond acceptors (Lipinski definition) is 5. The molecule has 0 aliphatic carbocycles. The highest BCUT2D eigenvalue weighted by molar-refractivity contribution is 6.33. The molecular formula is C20H20ClFN4O3. The molecule has 3 N–H and O–H groups in total. The van der Waals surface area contributed by atoms with E-state index in [0.29, 0.717) is 40.9 Å². The number of aromatic nitrogens is 2. The van der Waals surface area contributed by atoms with E-state index in [-0.39, 0.29) is 11.3 Å². The van der Waals surface area contributed by atoms with Gasteiger partial charge in [-0.3, -0.25) is 9.48 Å². The van der Waals surface area contributed by atoms with Gasteiger partial charge in [0.1, 0.15) is 12.4 Å². The molecule has 3 rings (SSSR count). The molecule has 0 bridgehead atoms. The number of anilines is 1. The molecule has 0 saturated carbocycles. The van der Waals surface area contributed by atoms with Crippen molar-refractivity contribution < 1.29 is 18.7 Å². The zero-order valence-electron chi connectivity index (χ0n) is 15.9. The minimum Gasteiger partial charge on any atom is -0.494 e. The first-order valence-corrected chi connectivity index (χ1v) is 9.12. The summed E-state index contributed by atoms with van der Waals surface area (Å²) in [6.07, 6.45) is 1.52. The topological polar surface area (TPSA) is 91.4 Å². The summed E-state index contributed by atoms with van der Waals surface area (Å²) in [5.41, 5.74) is 7.45. The van der Waals surface area contributed by atoms with Gasteiger partial charge in [-0.15, -0.1) is 0 Å². The van der Waals surface area contributed by atoms with Crippen LogP contribution in [0.15, 0.2) is 42.6 Å². The number of nitrogens with zero attached hydrogens (tertiary/aromatic N) is 2. The predicted octanol–water partition coefficient (Wildman–Crippen LogP) is 3.48. The molecule has 29 heavy (non-hydrogen) atoms. The third-order valence-electron chi connectivity index (χ3n) is 4.18. The second kappa shape index (κ2) is 8.93. The van der Waals surface area contributed by atoms with Crippen LogP contribution in [0.1, 0.15) is 10.4 Å². The number of carbonyl (C=O) groups is 1. The molecular weight excluding hydrogens is 399 g/mol. The normalized spacial score (nSPS) is 10.7. The van der Waals surface area contributed by atoms with Crippen LogP contribution in [0.3, 0.4) is 0 Å². The average molecular weight is 419 g/mol. The Morgan fingerprint density at radius 1 is 1.28 bits per heavy atom. The van der Waals surface area contributed by atoms with Crippen molar-refractivity contribution in [2.75, 3.05) is 25.6 Å². The van der Waals surface area contributed by atoms with Crippen molar-refractivity contribution in [3.05, 3.63) is 59.0 Å². The first kappa shape index (κ1) is 20.6. The van der Waals surface area contributed by atoms with Gasteiger partial charge in [-0.25, -0.2) is 4.39 Å². The fourth-order valence-electron chi connectivity index (χ4n) is 2.81. The molecule has 0 saturated heterocycles. The molecule has 0 aliphatic heterocycles. The van der Waals surface area contributed by atoms with E-state index in [9.17, 15) is 9.18 Å². The van der Waals surface area contributed by atoms with E-state index >= 15 is 0 Å². The van der Waals surface area contributed by atoms with E-state index in [1.165, 1.54) is 25.4 Å². The monoisotopic (exact) mass is 418 g/mol. The molecule has 152 valence electrons. The molecule has 1 heterocycles. The van der Waals surface area contributed by atoms with E-state index < -0.39 is 11.7 Å². The molecule has 2 aromatic carbocycles. The SMILES string of the molecule is COc1ccc(C(=O)Nc2ccc(OCCN)c(-c3c(Cl)cnn3C)c2)cc1F. The number of amides is 1. The number of hydrogen-bond donors (Lipinski definition) is 2. The summed E-state index contributed by atoms with van der Waals surface area (Å²) in [5, 5.41) is 7.33. The average Bonchev–Trinajstić information content (AvgIpc) is 3.04. The lowest BCUT2D eigenvalue weighted by Crippen LogP contribution is -2.13.